The van der Waals surface area contributed by atoms with Gasteiger partial charge in [-0.05, 0) is 11.4 Å². The van der Waals surface area contributed by atoms with E-state index in [2.05, 4.69) is 33.6 Å². The number of carbonyl (C=O) groups excluding carboxylic acids is 1. The molecule has 102 valence electrons. The van der Waals surface area contributed by atoms with Crippen LogP contribution in [-0.2, 0) is 11.3 Å². The third-order valence-electron chi connectivity index (χ3n) is 3.19. The van der Waals surface area contributed by atoms with E-state index in [1.807, 2.05) is 4.90 Å². The predicted octanol–water partition coefficient (Wildman–Crippen LogP) is 0.615. The van der Waals surface area contributed by atoms with Gasteiger partial charge in [0, 0.05) is 37.6 Å². The third kappa shape index (κ3) is 4.35. The van der Waals surface area contributed by atoms with Crippen molar-refractivity contribution in [3.63, 3.8) is 0 Å². The lowest BCUT2D eigenvalue weighted by atomic mass is 10.3. The second kappa shape index (κ2) is 7.29. The van der Waals surface area contributed by atoms with Crippen molar-refractivity contribution in [3.8, 4) is 12.3 Å². The van der Waals surface area contributed by atoms with Gasteiger partial charge in [-0.25, -0.2) is 0 Å². The standard InChI is InChI=1S/C14H19N3OS/c1-2-5-15-11-14(18)17-8-6-16(7-9-17)12-13-4-3-10-19-13/h1,3-4,10,15H,5-9,11-12H2. The summed E-state index contributed by atoms with van der Waals surface area (Å²) in [6.07, 6.45) is 5.13. The van der Waals surface area contributed by atoms with Crippen LogP contribution in [0.5, 0.6) is 0 Å². The van der Waals surface area contributed by atoms with E-state index in [0.717, 1.165) is 32.7 Å². The largest absolute Gasteiger partial charge is 0.339 e. The molecule has 0 aromatic carbocycles. The number of nitrogens with zero attached hydrogens (tertiary/aromatic N) is 2. The zero-order valence-electron chi connectivity index (χ0n) is 11.0. The van der Waals surface area contributed by atoms with Crippen LogP contribution in [0.3, 0.4) is 0 Å². The first-order chi connectivity index (χ1) is 9.29. The quantitative estimate of drug-likeness (QED) is 0.633. The summed E-state index contributed by atoms with van der Waals surface area (Å²) in [5.74, 6) is 2.61. The fourth-order valence-corrected chi connectivity index (χ4v) is 2.88. The van der Waals surface area contributed by atoms with E-state index < -0.39 is 0 Å². The number of terminal acetylenes is 1. The van der Waals surface area contributed by atoms with Crippen molar-refractivity contribution in [3.05, 3.63) is 22.4 Å². The van der Waals surface area contributed by atoms with Gasteiger partial charge in [0.15, 0.2) is 0 Å². The van der Waals surface area contributed by atoms with Crippen LogP contribution >= 0.6 is 11.3 Å². The Balaban J connectivity index is 1.70. The minimum Gasteiger partial charge on any atom is -0.339 e. The van der Waals surface area contributed by atoms with Gasteiger partial charge in [-0.15, -0.1) is 17.8 Å². The molecule has 1 aliphatic heterocycles. The highest BCUT2D eigenvalue weighted by Gasteiger charge is 2.20. The van der Waals surface area contributed by atoms with E-state index in [1.165, 1.54) is 4.88 Å². The number of hydrogen-bond acceptors (Lipinski definition) is 4. The first-order valence-corrected chi connectivity index (χ1v) is 7.34. The molecule has 4 nitrogen and oxygen atoms in total. The van der Waals surface area contributed by atoms with Crippen LogP contribution in [0.15, 0.2) is 17.5 Å². The van der Waals surface area contributed by atoms with Crippen LogP contribution in [0, 0.1) is 12.3 Å². The molecule has 0 atom stereocenters. The van der Waals surface area contributed by atoms with E-state index in [0.29, 0.717) is 13.1 Å². The molecule has 1 saturated heterocycles. The average molecular weight is 277 g/mol. The molecule has 1 aromatic heterocycles. The molecule has 2 rings (SSSR count). The predicted molar refractivity (Wildman–Crippen MR) is 77.9 cm³/mol. The van der Waals surface area contributed by atoms with Crippen LogP contribution in [0.1, 0.15) is 4.88 Å². The minimum atomic E-state index is 0.144. The molecular weight excluding hydrogens is 258 g/mol. The molecule has 1 aliphatic rings. The molecule has 0 bridgehead atoms. The number of piperazine rings is 1. The summed E-state index contributed by atoms with van der Waals surface area (Å²) < 4.78 is 0. The maximum absolute atomic E-state index is 11.9. The monoisotopic (exact) mass is 277 g/mol. The Morgan fingerprint density at radius 1 is 1.42 bits per heavy atom. The van der Waals surface area contributed by atoms with Crippen molar-refractivity contribution in [2.75, 3.05) is 39.3 Å². The van der Waals surface area contributed by atoms with E-state index >= 15 is 0 Å². The highest BCUT2D eigenvalue weighted by Crippen LogP contribution is 2.13. The van der Waals surface area contributed by atoms with E-state index in [9.17, 15) is 4.79 Å². The van der Waals surface area contributed by atoms with E-state index in [-0.39, 0.29) is 5.91 Å². The number of nitrogens with one attached hydrogen (secondary N) is 1. The molecule has 1 fully saturated rings. The van der Waals surface area contributed by atoms with Crippen LogP contribution in [0.2, 0.25) is 0 Å². The molecule has 1 N–H and O–H groups in total. The molecule has 0 spiro atoms. The Hall–Kier alpha value is -1.35. The number of amides is 1. The molecule has 0 unspecified atom stereocenters. The highest BCUT2D eigenvalue weighted by molar-refractivity contribution is 7.09. The topological polar surface area (TPSA) is 35.6 Å². The van der Waals surface area contributed by atoms with Crippen molar-refractivity contribution in [2.45, 2.75) is 6.54 Å². The lowest BCUT2D eigenvalue weighted by molar-refractivity contribution is -0.132. The van der Waals surface area contributed by atoms with Crippen molar-refractivity contribution in [1.29, 1.82) is 0 Å². The Labute approximate surface area is 118 Å². The molecular formula is C14H19N3OS. The highest BCUT2D eigenvalue weighted by atomic mass is 32.1. The lowest BCUT2D eigenvalue weighted by Crippen LogP contribution is -2.50. The first kappa shape index (κ1) is 14.1. The summed E-state index contributed by atoms with van der Waals surface area (Å²) in [6.45, 7) is 5.29. The van der Waals surface area contributed by atoms with Gasteiger partial charge in [-0.3, -0.25) is 15.0 Å². The minimum absolute atomic E-state index is 0.144. The number of hydrogen-bond donors (Lipinski definition) is 1. The zero-order valence-corrected chi connectivity index (χ0v) is 11.8. The van der Waals surface area contributed by atoms with E-state index in [4.69, 9.17) is 6.42 Å². The second-order valence-corrected chi connectivity index (χ2v) is 5.58. The van der Waals surface area contributed by atoms with Crippen LogP contribution in [0.4, 0.5) is 0 Å². The summed E-state index contributed by atoms with van der Waals surface area (Å²) in [5.41, 5.74) is 0. The van der Waals surface area contributed by atoms with E-state index in [1.54, 1.807) is 11.3 Å². The van der Waals surface area contributed by atoms with Gasteiger partial charge in [-0.1, -0.05) is 12.0 Å². The summed E-state index contributed by atoms with van der Waals surface area (Å²) in [6, 6.07) is 4.24. The number of carbonyl (C=O) groups is 1. The van der Waals surface area contributed by atoms with Crippen molar-refractivity contribution in [2.24, 2.45) is 0 Å². The molecule has 19 heavy (non-hydrogen) atoms. The maximum atomic E-state index is 11.9. The van der Waals surface area contributed by atoms with Gasteiger partial charge in [0.2, 0.25) is 5.91 Å². The van der Waals surface area contributed by atoms with Gasteiger partial charge in [0.05, 0.1) is 13.1 Å². The first-order valence-electron chi connectivity index (χ1n) is 6.46. The summed E-state index contributed by atoms with van der Waals surface area (Å²) in [7, 11) is 0. The fourth-order valence-electron chi connectivity index (χ4n) is 2.13. The number of rotatable bonds is 5. The molecule has 0 aliphatic carbocycles. The Morgan fingerprint density at radius 2 is 2.21 bits per heavy atom. The molecule has 1 aromatic rings. The average Bonchev–Trinajstić information content (AvgIpc) is 2.93. The number of thiophene rings is 1. The van der Waals surface area contributed by atoms with Gasteiger partial charge in [0.1, 0.15) is 0 Å². The van der Waals surface area contributed by atoms with Gasteiger partial charge in [0.25, 0.3) is 0 Å². The summed E-state index contributed by atoms with van der Waals surface area (Å²) >= 11 is 1.79. The van der Waals surface area contributed by atoms with Crippen molar-refractivity contribution < 1.29 is 4.79 Å². The second-order valence-electron chi connectivity index (χ2n) is 4.54. The van der Waals surface area contributed by atoms with Crippen LogP contribution < -0.4 is 5.32 Å². The Morgan fingerprint density at radius 3 is 2.84 bits per heavy atom. The maximum Gasteiger partial charge on any atom is 0.236 e. The normalized spacial score (nSPS) is 16.3. The SMILES string of the molecule is C#CCNCC(=O)N1CCN(Cc2cccs2)CC1. The van der Waals surface area contributed by atoms with Gasteiger partial charge < -0.3 is 4.90 Å². The zero-order chi connectivity index (χ0) is 13.5. The molecule has 1 amide bonds. The molecule has 0 radical (unpaired) electrons. The van der Waals surface area contributed by atoms with Gasteiger partial charge >= 0.3 is 0 Å². The molecule has 0 saturated carbocycles. The van der Waals surface area contributed by atoms with Gasteiger partial charge in [-0.2, -0.15) is 0 Å². The molecule has 5 heteroatoms. The van der Waals surface area contributed by atoms with Crippen molar-refractivity contribution in [1.82, 2.24) is 15.1 Å². The van der Waals surface area contributed by atoms with Crippen LogP contribution in [0.25, 0.3) is 0 Å². The Bertz CT molecular complexity index is 430. The smallest absolute Gasteiger partial charge is 0.236 e. The third-order valence-corrected chi connectivity index (χ3v) is 4.05. The van der Waals surface area contributed by atoms with Crippen LogP contribution in [-0.4, -0.2) is 55.0 Å². The fraction of sp³-hybridized carbons (Fsp3) is 0.500. The lowest BCUT2D eigenvalue weighted by Gasteiger charge is -2.34. The Kier molecular flexibility index (Phi) is 5.40. The summed E-state index contributed by atoms with van der Waals surface area (Å²) in [5, 5.41) is 5.04. The van der Waals surface area contributed by atoms with Crippen molar-refractivity contribution >= 4 is 17.2 Å². The molecule has 2 heterocycles. The summed E-state index contributed by atoms with van der Waals surface area (Å²) in [4.78, 5) is 17.6.